The molecule has 2 rings (SSSR count). The lowest BCUT2D eigenvalue weighted by Crippen LogP contribution is -2.22. The monoisotopic (exact) mass is 318 g/mol. The summed E-state index contributed by atoms with van der Waals surface area (Å²) in [7, 11) is 1.58. The van der Waals surface area contributed by atoms with E-state index in [-0.39, 0.29) is 11.9 Å². The van der Waals surface area contributed by atoms with Gasteiger partial charge in [0.2, 0.25) is 0 Å². The standard InChI is InChI=1S/C18H20F2N2O/c1-3-17(15-10-14(19)7-8-16(15)20)22-11-12-5-4-6-13(9-12)18(23)21-2/h4-10,17,22H,3,11H2,1-2H3,(H,21,23)/t17-/m0/s1. The molecule has 0 heterocycles. The van der Waals surface area contributed by atoms with Crippen molar-refractivity contribution in [3.05, 3.63) is 70.8 Å². The number of halogens is 2. The summed E-state index contributed by atoms with van der Waals surface area (Å²) in [6, 6.07) is 10.4. The van der Waals surface area contributed by atoms with Gasteiger partial charge in [-0.25, -0.2) is 8.78 Å². The third-order valence-corrected chi connectivity index (χ3v) is 3.71. The molecular weight excluding hydrogens is 298 g/mol. The molecule has 0 spiro atoms. The van der Waals surface area contributed by atoms with Gasteiger partial charge >= 0.3 is 0 Å². The summed E-state index contributed by atoms with van der Waals surface area (Å²) in [5, 5.41) is 5.79. The van der Waals surface area contributed by atoms with E-state index in [0.29, 0.717) is 24.1 Å². The van der Waals surface area contributed by atoms with E-state index in [4.69, 9.17) is 0 Å². The molecular formula is C18H20F2N2O. The molecule has 0 aliphatic rings. The number of carbonyl (C=O) groups excluding carboxylic acids is 1. The lowest BCUT2D eigenvalue weighted by Gasteiger charge is -2.18. The molecule has 2 aromatic carbocycles. The first-order valence-electron chi connectivity index (χ1n) is 7.54. The van der Waals surface area contributed by atoms with E-state index >= 15 is 0 Å². The van der Waals surface area contributed by atoms with Crippen LogP contribution in [0.15, 0.2) is 42.5 Å². The van der Waals surface area contributed by atoms with Crippen LogP contribution in [-0.4, -0.2) is 13.0 Å². The van der Waals surface area contributed by atoms with E-state index in [1.54, 1.807) is 25.2 Å². The summed E-state index contributed by atoms with van der Waals surface area (Å²) < 4.78 is 27.2. The van der Waals surface area contributed by atoms with Crippen LogP contribution < -0.4 is 10.6 Å². The Labute approximate surface area is 134 Å². The molecule has 23 heavy (non-hydrogen) atoms. The largest absolute Gasteiger partial charge is 0.355 e. The normalized spacial score (nSPS) is 12.0. The highest BCUT2D eigenvalue weighted by Crippen LogP contribution is 2.21. The van der Waals surface area contributed by atoms with Crippen molar-refractivity contribution in [1.29, 1.82) is 0 Å². The minimum atomic E-state index is -0.455. The fourth-order valence-corrected chi connectivity index (χ4v) is 2.46. The van der Waals surface area contributed by atoms with Crippen molar-refractivity contribution in [1.82, 2.24) is 10.6 Å². The molecule has 0 saturated heterocycles. The van der Waals surface area contributed by atoms with Gasteiger partial charge < -0.3 is 10.6 Å². The number of nitrogens with one attached hydrogen (secondary N) is 2. The Balaban J connectivity index is 2.12. The maximum absolute atomic E-state index is 13.9. The number of rotatable bonds is 6. The molecule has 0 aromatic heterocycles. The molecule has 0 radical (unpaired) electrons. The maximum Gasteiger partial charge on any atom is 0.251 e. The molecule has 122 valence electrons. The summed E-state index contributed by atoms with van der Waals surface area (Å²) in [4.78, 5) is 11.6. The predicted octanol–water partition coefficient (Wildman–Crippen LogP) is 3.57. The lowest BCUT2D eigenvalue weighted by atomic mass is 10.0. The van der Waals surface area contributed by atoms with Gasteiger partial charge in [0.15, 0.2) is 0 Å². The summed E-state index contributed by atoms with van der Waals surface area (Å²) in [6.45, 7) is 2.36. The van der Waals surface area contributed by atoms with E-state index < -0.39 is 11.6 Å². The van der Waals surface area contributed by atoms with Crippen molar-refractivity contribution in [2.75, 3.05) is 7.05 Å². The van der Waals surface area contributed by atoms with Gasteiger partial charge in [-0.1, -0.05) is 19.1 Å². The van der Waals surface area contributed by atoms with Crippen LogP contribution in [-0.2, 0) is 6.54 Å². The van der Waals surface area contributed by atoms with Gasteiger partial charge in [0.1, 0.15) is 11.6 Å². The number of carbonyl (C=O) groups is 1. The van der Waals surface area contributed by atoms with E-state index in [1.165, 1.54) is 6.07 Å². The molecule has 0 aliphatic carbocycles. The topological polar surface area (TPSA) is 41.1 Å². The third kappa shape index (κ3) is 4.36. The molecule has 1 atom stereocenters. The van der Waals surface area contributed by atoms with Crippen LogP contribution in [0.25, 0.3) is 0 Å². The molecule has 0 fully saturated rings. The minimum Gasteiger partial charge on any atom is -0.355 e. The van der Waals surface area contributed by atoms with Crippen molar-refractivity contribution in [2.45, 2.75) is 25.9 Å². The average molecular weight is 318 g/mol. The maximum atomic E-state index is 13.9. The van der Waals surface area contributed by atoms with Crippen molar-refractivity contribution >= 4 is 5.91 Å². The quantitative estimate of drug-likeness (QED) is 0.855. The summed E-state index contributed by atoms with van der Waals surface area (Å²) >= 11 is 0. The summed E-state index contributed by atoms with van der Waals surface area (Å²) in [5.74, 6) is -1.04. The summed E-state index contributed by atoms with van der Waals surface area (Å²) in [5.41, 5.74) is 1.79. The highest BCUT2D eigenvalue weighted by molar-refractivity contribution is 5.94. The summed E-state index contributed by atoms with van der Waals surface area (Å²) in [6.07, 6.45) is 0.621. The third-order valence-electron chi connectivity index (χ3n) is 3.71. The first kappa shape index (κ1) is 17.1. The van der Waals surface area contributed by atoms with Crippen LogP contribution >= 0.6 is 0 Å². The van der Waals surface area contributed by atoms with Crippen molar-refractivity contribution in [3.8, 4) is 0 Å². The first-order valence-corrected chi connectivity index (χ1v) is 7.54. The minimum absolute atomic E-state index is 0.157. The zero-order valence-electron chi connectivity index (χ0n) is 13.2. The van der Waals surface area contributed by atoms with E-state index in [2.05, 4.69) is 10.6 Å². The predicted molar refractivity (Wildman–Crippen MR) is 86.1 cm³/mol. The molecule has 1 amide bonds. The number of hydrogen-bond acceptors (Lipinski definition) is 2. The van der Waals surface area contributed by atoms with Crippen LogP contribution in [0, 0.1) is 11.6 Å². The van der Waals surface area contributed by atoms with Gasteiger partial charge in [-0.3, -0.25) is 4.79 Å². The molecule has 3 nitrogen and oxygen atoms in total. The van der Waals surface area contributed by atoms with Crippen LogP contribution in [0.4, 0.5) is 8.78 Å². The van der Waals surface area contributed by atoms with Gasteiger partial charge in [0.05, 0.1) is 0 Å². The van der Waals surface area contributed by atoms with Crippen molar-refractivity contribution in [2.24, 2.45) is 0 Å². The van der Waals surface area contributed by atoms with Gasteiger partial charge in [0, 0.05) is 30.8 Å². The van der Waals surface area contributed by atoms with Gasteiger partial charge in [0.25, 0.3) is 5.91 Å². The zero-order valence-corrected chi connectivity index (χ0v) is 13.2. The molecule has 0 saturated carbocycles. The SMILES string of the molecule is CC[C@H](NCc1cccc(C(=O)NC)c1)c1cc(F)ccc1F. The molecule has 2 aromatic rings. The Kier molecular flexibility index (Phi) is 5.82. The second-order valence-electron chi connectivity index (χ2n) is 5.29. The smallest absolute Gasteiger partial charge is 0.251 e. The molecule has 0 unspecified atom stereocenters. The molecule has 5 heteroatoms. The van der Waals surface area contributed by atoms with Crippen molar-refractivity contribution < 1.29 is 13.6 Å². The number of benzene rings is 2. The number of hydrogen-bond donors (Lipinski definition) is 2. The van der Waals surface area contributed by atoms with E-state index in [0.717, 1.165) is 17.7 Å². The Bertz CT molecular complexity index is 688. The van der Waals surface area contributed by atoms with Crippen LogP contribution in [0.5, 0.6) is 0 Å². The fourth-order valence-electron chi connectivity index (χ4n) is 2.46. The van der Waals surface area contributed by atoms with Gasteiger partial charge in [-0.05, 0) is 42.3 Å². The Morgan fingerprint density at radius 3 is 2.65 bits per heavy atom. The van der Waals surface area contributed by atoms with E-state index in [1.807, 2.05) is 13.0 Å². The lowest BCUT2D eigenvalue weighted by molar-refractivity contribution is 0.0963. The fraction of sp³-hybridized carbons (Fsp3) is 0.278. The van der Waals surface area contributed by atoms with E-state index in [9.17, 15) is 13.6 Å². The second kappa shape index (κ2) is 7.83. The Morgan fingerprint density at radius 2 is 1.96 bits per heavy atom. The highest BCUT2D eigenvalue weighted by atomic mass is 19.1. The van der Waals surface area contributed by atoms with Gasteiger partial charge in [-0.15, -0.1) is 0 Å². The molecule has 0 aliphatic heterocycles. The molecule has 2 N–H and O–H groups in total. The second-order valence-corrected chi connectivity index (χ2v) is 5.29. The van der Waals surface area contributed by atoms with Crippen molar-refractivity contribution in [3.63, 3.8) is 0 Å². The highest BCUT2D eigenvalue weighted by Gasteiger charge is 2.15. The Hall–Kier alpha value is -2.27. The van der Waals surface area contributed by atoms with Crippen LogP contribution in [0.1, 0.15) is 40.9 Å². The first-order chi connectivity index (χ1) is 11.0. The number of amides is 1. The zero-order chi connectivity index (χ0) is 16.8. The average Bonchev–Trinajstić information content (AvgIpc) is 2.58. The molecule has 0 bridgehead atoms. The Morgan fingerprint density at radius 1 is 1.17 bits per heavy atom. The van der Waals surface area contributed by atoms with Gasteiger partial charge in [-0.2, -0.15) is 0 Å². The van der Waals surface area contributed by atoms with Crippen LogP contribution in [0.2, 0.25) is 0 Å². The van der Waals surface area contributed by atoms with Crippen LogP contribution in [0.3, 0.4) is 0 Å².